The predicted octanol–water partition coefficient (Wildman–Crippen LogP) is 2.01. The van der Waals surface area contributed by atoms with Crippen LogP contribution in [0.25, 0.3) is 22.6 Å². The van der Waals surface area contributed by atoms with Gasteiger partial charge in [0.1, 0.15) is 11.2 Å². The SMILES string of the molecule is CC(C)(C)n1c(-c2cn(CCN)cn2)nc2cnccc21. The third-order valence-electron chi connectivity index (χ3n) is 3.38. The van der Waals surface area contributed by atoms with E-state index in [2.05, 4.69) is 35.3 Å². The van der Waals surface area contributed by atoms with E-state index in [-0.39, 0.29) is 5.54 Å². The molecule has 3 aromatic rings. The third kappa shape index (κ3) is 2.42. The summed E-state index contributed by atoms with van der Waals surface area (Å²) in [5.41, 5.74) is 8.31. The predicted molar refractivity (Wildman–Crippen MR) is 82.8 cm³/mol. The van der Waals surface area contributed by atoms with E-state index < -0.39 is 0 Å². The van der Waals surface area contributed by atoms with Crippen LogP contribution in [0.15, 0.2) is 31.0 Å². The summed E-state index contributed by atoms with van der Waals surface area (Å²) in [4.78, 5) is 13.4. The minimum Gasteiger partial charge on any atom is -0.335 e. The molecule has 0 bridgehead atoms. The first-order valence-electron chi connectivity index (χ1n) is 7.06. The fourth-order valence-electron chi connectivity index (χ4n) is 2.53. The van der Waals surface area contributed by atoms with Gasteiger partial charge in [-0.2, -0.15) is 0 Å². The van der Waals surface area contributed by atoms with Gasteiger partial charge in [-0.1, -0.05) is 0 Å². The highest BCUT2D eigenvalue weighted by Crippen LogP contribution is 2.29. The second-order valence-electron chi connectivity index (χ2n) is 6.09. The molecule has 0 aliphatic carbocycles. The van der Waals surface area contributed by atoms with E-state index in [1.807, 2.05) is 16.8 Å². The Morgan fingerprint density at radius 1 is 1.29 bits per heavy atom. The van der Waals surface area contributed by atoms with Crippen LogP contribution in [0.5, 0.6) is 0 Å². The normalized spacial score (nSPS) is 12.2. The average molecular weight is 284 g/mol. The van der Waals surface area contributed by atoms with Crippen LogP contribution in [-0.4, -0.2) is 30.6 Å². The van der Waals surface area contributed by atoms with Crippen molar-refractivity contribution in [1.29, 1.82) is 0 Å². The minimum absolute atomic E-state index is 0.0942. The maximum Gasteiger partial charge on any atom is 0.161 e. The van der Waals surface area contributed by atoms with Crippen LogP contribution in [0, 0.1) is 0 Å². The Balaban J connectivity index is 2.21. The van der Waals surface area contributed by atoms with Crippen LogP contribution in [0.2, 0.25) is 0 Å². The van der Waals surface area contributed by atoms with Crippen molar-refractivity contribution in [3.05, 3.63) is 31.0 Å². The van der Waals surface area contributed by atoms with Crippen LogP contribution in [-0.2, 0) is 12.1 Å². The summed E-state index contributed by atoms with van der Waals surface area (Å²) in [6.45, 7) is 7.83. The van der Waals surface area contributed by atoms with Gasteiger partial charge in [0.2, 0.25) is 0 Å². The molecule has 0 aliphatic rings. The van der Waals surface area contributed by atoms with Gasteiger partial charge in [0.25, 0.3) is 0 Å². The Bertz CT molecular complexity index is 762. The molecule has 0 unspecified atom stereocenters. The number of nitrogens with zero attached hydrogens (tertiary/aromatic N) is 5. The Morgan fingerprint density at radius 2 is 2.10 bits per heavy atom. The van der Waals surface area contributed by atoms with Gasteiger partial charge in [0.15, 0.2) is 5.82 Å². The second kappa shape index (κ2) is 4.96. The Kier molecular flexibility index (Phi) is 3.25. The summed E-state index contributed by atoms with van der Waals surface area (Å²) in [7, 11) is 0. The first-order chi connectivity index (χ1) is 10.0. The summed E-state index contributed by atoms with van der Waals surface area (Å²) in [5, 5.41) is 0. The highest BCUT2D eigenvalue weighted by atomic mass is 15.2. The fraction of sp³-hybridized carbons (Fsp3) is 0.400. The summed E-state index contributed by atoms with van der Waals surface area (Å²) in [6.07, 6.45) is 7.37. The van der Waals surface area contributed by atoms with Crippen LogP contribution < -0.4 is 5.73 Å². The van der Waals surface area contributed by atoms with E-state index in [9.17, 15) is 0 Å². The molecule has 3 heterocycles. The number of fused-ring (bicyclic) bond motifs is 1. The molecule has 6 nitrogen and oxygen atoms in total. The zero-order valence-electron chi connectivity index (χ0n) is 12.6. The van der Waals surface area contributed by atoms with Crippen molar-refractivity contribution in [1.82, 2.24) is 24.1 Å². The Morgan fingerprint density at radius 3 is 2.81 bits per heavy atom. The van der Waals surface area contributed by atoms with Crippen molar-refractivity contribution in [3.8, 4) is 11.5 Å². The smallest absolute Gasteiger partial charge is 0.161 e. The van der Waals surface area contributed by atoms with E-state index >= 15 is 0 Å². The number of hydrogen-bond acceptors (Lipinski definition) is 4. The highest BCUT2D eigenvalue weighted by Gasteiger charge is 2.23. The lowest BCUT2D eigenvalue weighted by Crippen LogP contribution is -2.22. The number of rotatable bonds is 3. The van der Waals surface area contributed by atoms with E-state index in [0.29, 0.717) is 6.54 Å². The number of nitrogens with two attached hydrogens (primary N) is 1. The maximum atomic E-state index is 5.59. The lowest BCUT2D eigenvalue weighted by atomic mass is 10.1. The van der Waals surface area contributed by atoms with Gasteiger partial charge in [-0.25, -0.2) is 9.97 Å². The molecule has 0 saturated heterocycles. The zero-order valence-corrected chi connectivity index (χ0v) is 12.6. The van der Waals surface area contributed by atoms with E-state index in [1.54, 1.807) is 18.7 Å². The molecule has 0 fully saturated rings. The standard InChI is InChI=1S/C15H20N6/c1-15(2,3)21-13-4-6-17-8-11(13)19-14(21)12-9-20(7-5-16)10-18-12/h4,6,8-10H,5,7,16H2,1-3H3. The number of aromatic nitrogens is 5. The van der Waals surface area contributed by atoms with E-state index in [1.165, 1.54) is 0 Å². The number of imidazole rings is 2. The molecular formula is C15H20N6. The molecule has 21 heavy (non-hydrogen) atoms. The molecule has 110 valence electrons. The Labute approximate surface area is 123 Å². The van der Waals surface area contributed by atoms with Gasteiger partial charge in [0, 0.05) is 31.0 Å². The molecule has 0 spiro atoms. The van der Waals surface area contributed by atoms with Crippen molar-refractivity contribution in [3.63, 3.8) is 0 Å². The topological polar surface area (TPSA) is 74.5 Å². The third-order valence-corrected chi connectivity index (χ3v) is 3.38. The summed E-state index contributed by atoms with van der Waals surface area (Å²) < 4.78 is 4.19. The summed E-state index contributed by atoms with van der Waals surface area (Å²) in [5.74, 6) is 0.862. The molecule has 3 aromatic heterocycles. The van der Waals surface area contributed by atoms with Crippen molar-refractivity contribution in [2.75, 3.05) is 6.54 Å². The molecule has 6 heteroatoms. The fourth-order valence-corrected chi connectivity index (χ4v) is 2.53. The largest absolute Gasteiger partial charge is 0.335 e. The van der Waals surface area contributed by atoms with Crippen molar-refractivity contribution >= 4 is 11.0 Å². The van der Waals surface area contributed by atoms with Gasteiger partial charge in [-0.3, -0.25) is 4.98 Å². The van der Waals surface area contributed by atoms with Crippen LogP contribution >= 0.6 is 0 Å². The maximum absolute atomic E-state index is 5.59. The molecule has 0 aromatic carbocycles. The molecule has 0 saturated carbocycles. The molecule has 2 N–H and O–H groups in total. The first-order valence-corrected chi connectivity index (χ1v) is 7.06. The van der Waals surface area contributed by atoms with Crippen LogP contribution in [0.4, 0.5) is 0 Å². The summed E-state index contributed by atoms with van der Waals surface area (Å²) in [6, 6.07) is 1.99. The van der Waals surface area contributed by atoms with E-state index in [4.69, 9.17) is 10.7 Å². The highest BCUT2D eigenvalue weighted by molar-refractivity contribution is 5.79. The molecule has 0 aliphatic heterocycles. The molecule has 0 atom stereocenters. The zero-order chi connectivity index (χ0) is 15.0. The summed E-state index contributed by atoms with van der Waals surface area (Å²) >= 11 is 0. The molecule has 3 rings (SSSR count). The van der Waals surface area contributed by atoms with E-state index in [0.717, 1.165) is 29.1 Å². The van der Waals surface area contributed by atoms with Gasteiger partial charge in [0.05, 0.1) is 18.0 Å². The lowest BCUT2D eigenvalue weighted by Gasteiger charge is -2.24. The van der Waals surface area contributed by atoms with Gasteiger partial charge in [-0.05, 0) is 26.8 Å². The van der Waals surface area contributed by atoms with Gasteiger partial charge >= 0.3 is 0 Å². The van der Waals surface area contributed by atoms with Crippen molar-refractivity contribution < 1.29 is 0 Å². The molecular weight excluding hydrogens is 264 g/mol. The molecule has 0 radical (unpaired) electrons. The lowest BCUT2D eigenvalue weighted by molar-refractivity contribution is 0.412. The molecule has 0 amide bonds. The quantitative estimate of drug-likeness (QED) is 0.798. The van der Waals surface area contributed by atoms with Crippen LogP contribution in [0.3, 0.4) is 0 Å². The van der Waals surface area contributed by atoms with Crippen LogP contribution in [0.1, 0.15) is 20.8 Å². The average Bonchev–Trinajstić information content (AvgIpc) is 3.01. The monoisotopic (exact) mass is 284 g/mol. The Hall–Kier alpha value is -2.21. The first kappa shape index (κ1) is 13.8. The minimum atomic E-state index is -0.0942. The second-order valence-corrected chi connectivity index (χ2v) is 6.09. The van der Waals surface area contributed by atoms with Gasteiger partial charge in [-0.15, -0.1) is 0 Å². The van der Waals surface area contributed by atoms with Crippen molar-refractivity contribution in [2.45, 2.75) is 32.9 Å². The number of pyridine rings is 1. The van der Waals surface area contributed by atoms with Crippen molar-refractivity contribution in [2.24, 2.45) is 5.73 Å². The number of hydrogen-bond donors (Lipinski definition) is 1. The van der Waals surface area contributed by atoms with Gasteiger partial charge < -0.3 is 14.9 Å².